The van der Waals surface area contributed by atoms with Crippen molar-refractivity contribution in [2.45, 2.75) is 13.5 Å². The summed E-state index contributed by atoms with van der Waals surface area (Å²) < 4.78 is 7.67. The second kappa shape index (κ2) is 4.53. The quantitative estimate of drug-likeness (QED) is 0.700. The number of fused-ring (bicyclic) bond motifs is 1. The average Bonchev–Trinajstić information content (AvgIpc) is 2.78. The summed E-state index contributed by atoms with van der Waals surface area (Å²) in [5.74, 6) is 0.783. The molecule has 3 heteroatoms. The predicted octanol–water partition coefficient (Wildman–Crippen LogP) is 3.02. The summed E-state index contributed by atoms with van der Waals surface area (Å²) in [4.78, 5) is 4.41. The lowest BCUT2D eigenvalue weighted by atomic mass is 10.2. The number of nitrogens with zero attached hydrogens (tertiary/aromatic N) is 2. The molecule has 2 heterocycles. The van der Waals surface area contributed by atoms with Crippen molar-refractivity contribution in [3.63, 3.8) is 0 Å². The topological polar surface area (TPSA) is 26.5 Å². The number of ether oxygens (including phenoxy) is 1. The molecule has 1 aromatic carbocycles. The molecule has 0 aliphatic rings. The fourth-order valence-corrected chi connectivity index (χ4v) is 1.89. The third-order valence-corrected chi connectivity index (χ3v) is 2.72. The second-order valence-electron chi connectivity index (χ2n) is 4.15. The highest BCUT2D eigenvalue weighted by Crippen LogP contribution is 2.19. The van der Waals surface area contributed by atoms with E-state index in [2.05, 4.69) is 11.2 Å². The molecule has 0 aliphatic carbocycles. The van der Waals surface area contributed by atoms with Crippen LogP contribution in [0.4, 0.5) is 0 Å². The summed E-state index contributed by atoms with van der Waals surface area (Å²) in [6.07, 6.45) is 5.04. The van der Waals surface area contributed by atoms with Crippen LogP contribution in [0.15, 0.2) is 48.7 Å². The first-order chi connectivity index (χ1) is 8.83. The van der Waals surface area contributed by atoms with Crippen molar-refractivity contribution in [3.8, 4) is 5.75 Å². The smallest absolute Gasteiger partial charge is 0.180 e. The van der Waals surface area contributed by atoms with Crippen molar-refractivity contribution in [3.05, 3.63) is 66.1 Å². The van der Waals surface area contributed by atoms with Gasteiger partial charge in [0.2, 0.25) is 0 Å². The number of aromatic nitrogens is 2. The van der Waals surface area contributed by atoms with Gasteiger partial charge in [0.05, 0.1) is 11.9 Å². The molecule has 0 bridgehead atoms. The Balaban J connectivity index is 1.86. The molecule has 0 saturated carbocycles. The molecule has 3 nitrogen and oxygen atoms in total. The molecule has 0 spiro atoms. The fourth-order valence-electron chi connectivity index (χ4n) is 1.89. The lowest BCUT2D eigenvalue weighted by Crippen LogP contribution is -1.97. The maximum absolute atomic E-state index is 5.82. The SMILES string of the molecule is Cc1[c]n2cccc(OCc3ccccc3)c2n1. The van der Waals surface area contributed by atoms with Crippen LogP contribution in [0.2, 0.25) is 0 Å². The second-order valence-corrected chi connectivity index (χ2v) is 4.15. The highest BCUT2D eigenvalue weighted by molar-refractivity contribution is 5.54. The number of hydrogen-bond donors (Lipinski definition) is 0. The number of hydrogen-bond acceptors (Lipinski definition) is 2. The first-order valence-corrected chi connectivity index (χ1v) is 5.87. The molecule has 0 N–H and O–H groups in total. The van der Waals surface area contributed by atoms with Crippen molar-refractivity contribution >= 4 is 5.65 Å². The van der Waals surface area contributed by atoms with Gasteiger partial charge in [-0.25, -0.2) is 4.98 Å². The normalized spacial score (nSPS) is 10.7. The Bertz CT molecular complexity index is 659. The largest absolute Gasteiger partial charge is 0.485 e. The third-order valence-electron chi connectivity index (χ3n) is 2.72. The lowest BCUT2D eigenvalue weighted by Gasteiger charge is -2.06. The van der Waals surface area contributed by atoms with Crippen molar-refractivity contribution in [2.75, 3.05) is 0 Å². The van der Waals surface area contributed by atoms with Gasteiger partial charge in [-0.05, 0) is 24.6 Å². The molecule has 3 aromatic rings. The van der Waals surface area contributed by atoms with Crippen LogP contribution in [-0.4, -0.2) is 9.38 Å². The van der Waals surface area contributed by atoms with Crippen LogP contribution in [-0.2, 0) is 6.61 Å². The van der Waals surface area contributed by atoms with Gasteiger partial charge >= 0.3 is 0 Å². The van der Waals surface area contributed by atoms with Gasteiger partial charge in [-0.2, -0.15) is 0 Å². The lowest BCUT2D eigenvalue weighted by molar-refractivity contribution is 0.308. The van der Waals surface area contributed by atoms with Gasteiger partial charge in [0.15, 0.2) is 11.4 Å². The third kappa shape index (κ3) is 2.07. The summed E-state index contributed by atoms with van der Waals surface area (Å²) in [7, 11) is 0. The van der Waals surface area contributed by atoms with E-state index in [-0.39, 0.29) is 0 Å². The zero-order chi connectivity index (χ0) is 12.4. The van der Waals surface area contributed by atoms with E-state index >= 15 is 0 Å². The van der Waals surface area contributed by atoms with E-state index in [0.717, 1.165) is 22.7 Å². The summed E-state index contributed by atoms with van der Waals surface area (Å²) >= 11 is 0. The molecule has 1 radical (unpaired) electrons. The molecule has 3 rings (SSSR count). The van der Waals surface area contributed by atoms with Crippen molar-refractivity contribution < 1.29 is 4.74 Å². The van der Waals surface area contributed by atoms with Gasteiger partial charge in [0, 0.05) is 6.20 Å². The first-order valence-electron chi connectivity index (χ1n) is 5.87. The van der Waals surface area contributed by atoms with Crippen molar-refractivity contribution in [1.82, 2.24) is 9.38 Å². The summed E-state index contributed by atoms with van der Waals surface area (Å²) in [6.45, 7) is 2.47. The van der Waals surface area contributed by atoms with Gasteiger partial charge in [-0.1, -0.05) is 30.3 Å². The maximum Gasteiger partial charge on any atom is 0.180 e. The zero-order valence-corrected chi connectivity index (χ0v) is 10.1. The molecule has 89 valence electrons. The van der Waals surface area contributed by atoms with Gasteiger partial charge in [-0.3, -0.25) is 4.40 Å². The van der Waals surface area contributed by atoms with Gasteiger partial charge in [-0.15, -0.1) is 0 Å². The van der Waals surface area contributed by atoms with Crippen LogP contribution in [0, 0.1) is 13.1 Å². The van der Waals surface area contributed by atoms with Crippen molar-refractivity contribution in [2.24, 2.45) is 0 Å². The Morgan fingerprint density at radius 1 is 1.17 bits per heavy atom. The number of imidazole rings is 1. The molecular weight excluding hydrogens is 224 g/mol. The van der Waals surface area contributed by atoms with Crippen LogP contribution in [0.25, 0.3) is 5.65 Å². The first kappa shape index (κ1) is 10.8. The minimum atomic E-state index is 0.548. The van der Waals surface area contributed by atoms with Crippen molar-refractivity contribution in [1.29, 1.82) is 0 Å². The van der Waals surface area contributed by atoms with E-state index in [4.69, 9.17) is 4.74 Å². The molecule has 0 saturated heterocycles. The predicted molar refractivity (Wildman–Crippen MR) is 69.5 cm³/mol. The molecule has 18 heavy (non-hydrogen) atoms. The molecule has 0 atom stereocenters. The standard InChI is InChI=1S/C15H13N2O/c1-12-10-17-9-5-8-14(15(17)16-12)18-11-13-6-3-2-4-7-13/h2-9H,11H2,1H3. The van der Waals surface area contributed by atoms with Crippen LogP contribution in [0.1, 0.15) is 11.3 Å². The highest BCUT2D eigenvalue weighted by atomic mass is 16.5. The Hall–Kier alpha value is -2.29. The van der Waals surface area contributed by atoms with E-state index in [1.165, 1.54) is 0 Å². The van der Waals surface area contributed by atoms with Gasteiger partial charge in [0.25, 0.3) is 0 Å². The molecule has 2 aromatic heterocycles. The highest BCUT2D eigenvalue weighted by Gasteiger charge is 2.05. The van der Waals surface area contributed by atoms with E-state index in [0.29, 0.717) is 6.61 Å². The minimum absolute atomic E-state index is 0.548. The van der Waals surface area contributed by atoms with Crippen LogP contribution < -0.4 is 4.74 Å². The fraction of sp³-hybridized carbons (Fsp3) is 0.133. The summed E-state index contributed by atoms with van der Waals surface area (Å²) in [5, 5.41) is 0. The number of aryl methyl sites for hydroxylation is 1. The summed E-state index contributed by atoms with van der Waals surface area (Å²) in [6, 6.07) is 14.0. The van der Waals surface area contributed by atoms with Gasteiger partial charge in [0.1, 0.15) is 6.61 Å². The number of pyridine rings is 1. The van der Waals surface area contributed by atoms with Gasteiger partial charge < -0.3 is 4.74 Å². The average molecular weight is 237 g/mol. The zero-order valence-electron chi connectivity index (χ0n) is 10.1. The molecule has 0 unspecified atom stereocenters. The van der Waals surface area contributed by atoms with Crippen LogP contribution in [0.5, 0.6) is 5.75 Å². The maximum atomic E-state index is 5.82. The molecule has 0 amide bonds. The van der Waals surface area contributed by atoms with E-state index in [1.807, 2.05) is 60.0 Å². The minimum Gasteiger partial charge on any atom is -0.485 e. The number of benzene rings is 1. The molecular formula is C15H13N2O. The molecule has 0 aliphatic heterocycles. The van der Waals surface area contributed by atoms with Crippen LogP contribution in [0.3, 0.4) is 0 Å². The van der Waals surface area contributed by atoms with E-state index in [9.17, 15) is 0 Å². The van der Waals surface area contributed by atoms with Crippen LogP contribution >= 0.6 is 0 Å². The Kier molecular flexibility index (Phi) is 2.73. The number of rotatable bonds is 3. The Morgan fingerprint density at radius 3 is 2.83 bits per heavy atom. The Labute approximate surface area is 106 Å². The van der Waals surface area contributed by atoms with E-state index in [1.54, 1.807) is 0 Å². The summed E-state index contributed by atoms with van der Waals surface area (Å²) in [5.41, 5.74) is 2.82. The monoisotopic (exact) mass is 237 g/mol. The molecule has 0 fully saturated rings. The van der Waals surface area contributed by atoms with E-state index < -0.39 is 0 Å². The Morgan fingerprint density at radius 2 is 2.00 bits per heavy atom.